The van der Waals surface area contributed by atoms with Crippen LogP contribution in [-0.2, 0) is 10.0 Å². The minimum Gasteiger partial charge on any atom is -0.328 e. The zero-order chi connectivity index (χ0) is 17.3. The molecule has 138 valence electrons. The summed E-state index contributed by atoms with van der Waals surface area (Å²) in [5.41, 5.74) is 6.34. The lowest BCUT2D eigenvalue weighted by atomic mass is 9.82. The number of rotatable bonds is 11. The van der Waals surface area contributed by atoms with Crippen molar-refractivity contribution in [2.75, 3.05) is 12.3 Å². The van der Waals surface area contributed by atoms with Gasteiger partial charge in [0, 0.05) is 12.6 Å². The van der Waals surface area contributed by atoms with E-state index < -0.39 is 10.0 Å². The van der Waals surface area contributed by atoms with Gasteiger partial charge in [0.05, 0.1) is 5.75 Å². The molecule has 0 aliphatic heterocycles. The van der Waals surface area contributed by atoms with Crippen molar-refractivity contribution in [2.45, 2.75) is 84.6 Å². The van der Waals surface area contributed by atoms with Gasteiger partial charge >= 0.3 is 0 Å². The Bertz CT molecular complexity index is 403. The SMILES string of the molecule is CCCS(=O)(=O)NC[C@@H](CC[C@H](N)CC1CCCCC1)C(C)C. The Morgan fingerprint density at radius 2 is 1.78 bits per heavy atom. The highest BCUT2D eigenvalue weighted by Crippen LogP contribution is 2.28. The molecule has 0 bridgehead atoms. The second kappa shape index (κ2) is 10.7. The first kappa shape index (κ1) is 20.9. The van der Waals surface area contributed by atoms with Crippen molar-refractivity contribution in [2.24, 2.45) is 23.5 Å². The van der Waals surface area contributed by atoms with Gasteiger partial charge in [-0.05, 0) is 43.4 Å². The van der Waals surface area contributed by atoms with Crippen molar-refractivity contribution in [3.63, 3.8) is 0 Å². The van der Waals surface area contributed by atoms with Gasteiger partial charge in [0.2, 0.25) is 10.0 Å². The zero-order valence-electron chi connectivity index (χ0n) is 15.4. The molecule has 0 unspecified atom stereocenters. The summed E-state index contributed by atoms with van der Waals surface area (Å²) >= 11 is 0. The Labute approximate surface area is 144 Å². The second-order valence-corrected chi connectivity index (χ2v) is 9.68. The average Bonchev–Trinajstić information content (AvgIpc) is 2.47. The summed E-state index contributed by atoms with van der Waals surface area (Å²) in [5.74, 6) is 1.89. The molecule has 5 heteroatoms. The van der Waals surface area contributed by atoms with Crippen LogP contribution in [0.5, 0.6) is 0 Å². The lowest BCUT2D eigenvalue weighted by molar-refractivity contribution is 0.289. The van der Waals surface area contributed by atoms with E-state index in [1.54, 1.807) is 0 Å². The van der Waals surface area contributed by atoms with Crippen LogP contribution in [0.15, 0.2) is 0 Å². The highest BCUT2D eigenvalue weighted by atomic mass is 32.2. The van der Waals surface area contributed by atoms with Gasteiger partial charge in [-0.2, -0.15) is 0 Å². The largest absolute Gasteiger partial charge is 0.328 e. The van der Waals surface area contributed by atoms with Crippen LogP contribution in [0, 0.1) is 17.8 Å². The van der Waals surface area contributed by atoms with Crippen LogP contribution in [0.3, 0.4) is 0 Å². The summed E-state index contributed by atoms with van der Waals surface area (Å²) in [4.78, 5) is 0. The zero-order valence-corrected chi connectivity index (χ0v) is 16.2. The monoisotopic (exact) mass is 346 g/mol. The van der Waals surface area contributed by atoms with Crippen LogP contribution in [0.4, 0.5) is 0 Å². The molecule has 0 radical (unpaired) electrons. The van der Waals surface area contributed by atoms with Crippen LogP contribution in [0.25, 0.3) is 0 Å². The molecule has 0 aromatic carbocycles. The summed E-state index contributed by atoms with van der Waals surface area (Å²) in [7, 11) is -3.10. The van der Waals surface area contributed by atoms with E-state index in [2.05, 4.69) is 18.6 Å². The van der Waals surface area contributed by atoms with Crippen LogP contribution >= 0.6 is 0 Å². The summed E-state index contributed by atoms with van der Waals surface area (Å²) in [6.07, 6.45) is 10.6. The first-order chi connectivity index (χ1) is 10.8. The third-order valence-electron chi connectivity index (χ3n) is 5.25. The molecule has 1 rings (SSSR count). The lowest BCUT2D eigenvalue weighted by Gasteiger charge is -2.26. The molecule has 0 spiro atoms. The van der Waals surface area contributed by atoms with E-state index in [9.17, 15) is 8.42 Å². The molecule has 0 amide bonds. The van der Waals surface area contributed by atoms with E-state index in [0.29, 0.717) is 24.8 Å². The van der Waals surface area contributed by atoms with E-state index >= 15 is 0 Å². The first-order valence-electron chi connectivity index (χ1n) is 9.57. The van der Waals surface area contributed by atoms with Gasteiger partial charge in [-0.25, -0.2) is 13.1 Å². The van der Waals surface area contributed by atoms with E-state index in [-0.39, 0.29) is 11.8 Å². The normalized spacial score (nSPS) is 19.9. The van der Waals surface area contributed by atoms with Gasteiger partial charge in [0.15, 0.2) is 0 Å². The van der Waals surface area contributed by atoms with Gasteiger partial charge in [-0.3, -0.25) is 0 Å². The number of nitrogens with two attached hydrogens (primary N) is 1. The minimum absolute atomic E-state index is 0.221. The fraction of sp³-hybridized carbons (Fsp3) is 1.00. The van der Waals surface area contributed by atoms with Crippen molar-refractivity contribution < 1.29 is 8.42 Å². The van der Waals surface area contributed by atoms with Gasteiger partial charge in [-0.1, -0.05) is 52.9 Å². The molecule has 3 N–H and O–H groups in total. The molecule has 0 aromatic heterocycles. The summed E-state index contributed by atoms with van der Waals surface area (Å²) in [5, 5.41) is 0. The molecule has 0 aromatic rings. The van der Waals surface area contributed by atoms with E-state index in [1.807, 2.05) is 6.92 Å². The van der Waals surface area contributed by atoms with Crippen molar-refractivity contribution in [1.82, 2.24) is 4.72 Å². The molecule has 1 fully saturated rings. The Morgan fingerprint density at radius 1 is 1.13 bits per heavy atom. The molecular weight excluding hydrogens is 308 g/mol. The minimum atomic E-state index is -3.10. The van der Waals surface area contributed by atoms with Gasteiger partial charge in [-0.15, -0.1) is 0 Å². The number of hydrogen-bond donors (Lipinski definition) is 2. The van der Waals surface area contributed by atoms with E-state index in [4.69, 9.17) is 5.73 Å². The first-order valence-corrected chi connectivity index (χ1v) is 11.2. The van der Waals surface area contributed by atoms with Gasteiger partial charge < -0.3 is 5.73 Å². The van der Waals surface area contributed by atoms with E-state index in [0.717, 1.165) is 25.2 Å². The van der Waals surface area contributed by atoms with E-state index in [1.165, 1.54) is 32.1 Å². The highest BCUT2D eigenvalue weighted by molar-refractivity contribution is 7.89. The number of hydrogen-bond acceptors (Lipinski definition) is 3. The van der Waals surface area contributed by atoms with Crippen LogP contribution in [0.1, 0.15) is 78.6 Å². The molecular formula is C18H38N2O2S. The quantitative estimate of drug-likeness (QED) is 0.599. The molecule has 1 aliphatic carbocycles. The molecule has 2 atom stereocenters. The van der Waals surface area contributed by atoms with Crippen molar-refractivity contribution >= 4 is 10.0 Å². The number of nitrogens with one attached hydrogen (secondary N) is 1. The Morgan fingerprint density at radius 3 is 2.35 bits per heavy atom. The lowest BCUT2D eigenvalue weighted by Crippen LogP contribution is -2.34. The average molecular weight is 347 g/mol. The third-order valence-corrected chi connectivity index (χ3v) is 6.80. The maximum absolute atomic E-state index is 11.8. The van der Waals surface area contributed by atoms with Crippen molar-refractivity contribution in [3.05, 3.63) is 0 Å². The second-order valence-electron chi connectivity index (χ2n) is 7.75. The smallest absolute Gasteiger partial charge is 0.211 e. The predicted octanol–water partition coefficient (Wildman–Crippen LogP) is 3.67. The number of sulfonamides is 1. The Balaban J connectivity index is 2.34. The van der Waals surface area contributed by atoms with Crippen LogP contribution in [0.2, 0.25) is 0 Å². The fourth-order valence-corrected chi connectivity index (χ4v) is 4.79. The van der Waals surface area contributed by atoms with Crippen LogP contribution in [-0.4, -0.2) is 26.8 Å². The molecule has 1 aliphatic rings. The summed E-state index contributed by atoms with van der Waals surface area (Å²) < 4.78 is 26.4. The summed E-state index contributed by atoms with van der Waals surface area (Å²) in [6, 6.07) is 0.270. The van der Waals surface area contributed by atoms with Crippen LogP contribution < -0.4 is 10.5 Å². The highest BCUT2D eigenvalue weighted by Gasteiger charge is 2.20. The van der Waals surface area contributed by atoms with Crippen molar-refractivity contribution in [1.29, 1.82) is 0 Å². The molecule has 23 heavy (non-hydrogen) atoms. The Hall–Kier alpha value is -0.130. The molecule has 1 saturated carbocycles. The Kier molecular flexibility index (Phi) is 9.71. The maximum atomic E-state index is 11.8. The summed E-state index contributed by atoms with van der Waals surface area (Å²) in [6.45, 7) is 6.79. The topological polar surface area (TPSA) is 72.2 Å². The van der Waals surface area contributed by atoms with Gasteiger partial charge in [0.25, 0.3) is 0 Å². The standard InChI is InChI=1S/C18H38N2O2S/c1-4-12-23(21,22)20-14-17(15(2)3)10-11-18(19)13-16-8-6-5-7-9-16/h15-18,20H,4-14,19H2,1-3H3/t17-,18+/m1/s1. The molecule has 0 saturated heterocycles. The fourth-order valence-electron chi connectivity index (χ4n) is 3.64. The molecule has 0 heterocycles. The predicted molar refractivity (Wildman–Crippen MR) is 98.8 cm³/mol. The molecule has 4 nitrogen and oxygen atoms in total. The maximum Gasteiger partial charge on any atom is 0.211 e. The van der Waals surface area contributed by atoms with Crippen molar-refractivity contribution in [3.8, 4) is 0 Å². The third kappa shape index (κ3) is 9.06. The van der Waals surface area contributed by atoms with Gasteiger partial charge in [0.1, 0.15) is 0 Å².